The van der Waals surface area contributed by atoms with Gasteiger partial charge in [-0.3, -0.25) is 9.59 Å². The van der Waals surface area contributed by atoms with Crippen LogP contribution in [-0.2, 0) is 0 Å². The molecule has 0 amide bonds. The minimum absolute atomic E-state index is 0.147. The van der Waals surface area contributed by atoms with E-state index in [-0.39, 0.29) is 38.3 Å². The molecule has 19 heavy (non-hydrogen) atoms. The van der Waals surface area contributed by atoms with E-state index in [1.54, 1.807) is 6.07 Å². The zero-order chi connectivity index (χ0) is 13.7. The molecule has 0 atom stereocenters. The van der Waals surface area contributed by atoms with Crippen LogP contribution in [0.1, 0.15) is 31.8 Å². The summed E-state index contributed by atoms with van der Waals surface area (Å²) in [5.74, 6) is -0.645. The van der Waals surface area contributed by atoms with Gasteiger partial charge in [0, 0.05) is 16.1 Å². The van der Waals surface area contributed by atoms with Gasteiger partial charge in [-0.1, -0.05) is 34.8 Å². The number of carbonyl (C=O) groups is 2. The van der Waals surface area contributed by atoms with Crippen molar-refractivity contribution < 1.29 is 9.59 Å². The molecule has 0 N–H and O–H groups in total. The smallest absolute Gasteiger partial charge is 0.196 e. The molecule has 5 heteroatoms. The van der Waals surface area contributed by atoms with Crippen molar-refractivity contribution in [2.45, 2.75) is 0 Å². The second kappa shape index (κ2) is 4.34. The van der Waals surface area contributed by atoms with Gasteiger partial charge in [-0.2, -0.15) is 0 Å². The Bertz CT molecular complexity index is 751. The first-order valence-electron chi connectivity index (χ1n) is 5.37. The Morgan fingerprint density at radius 1 is 0.684 bits per heavy atom. The van der Waals surface area contributed by atoms with Gasteiger partial charge < -0.3 is 0 Å². The van der Waals surface area contributed by atoms with Gasteiger partial charge in [0.1, 0.15) is 0 Å². The van der Waals surface area contributed by atoms with Gasteiger partial charge in [-0.15, -0.1) is 0 Å². The van der Waals surface area contributed by atoms with Gasteiger partial charge in [-0.25, -0.2) is 0 Å². The fourth-order valence-electron chi connectivity index (χ4n) is 2.17. The molecule has 2 aromatic rings. The molecular weight excluding hydrogens is 307 g/mol. The van der Waals surface area contributed by atoms with Crippen molar-refractivity contribution in [3.05, 3.63) is 67.7 Å². The summed E-state index contributed by atoms with van der Waals surface area (Å²) in [6.45, 7) is 0. The topological polar surface area (TPSA) is 34.1 Å². The largest absolute Gasteiger partial charge is 0.289 e. The van der Waals surface area contributed by atoms with Crippen LogP contribution in [0, 0.1) is 0 Å². The molecule has 0 unspecified atom stereocenters. The van der Waals surface area contributed by atoms with Crippen molar-refractivity contribution in [3.8, 4) is 0 Å². The van der Waals surface area contributed by atoms with Gasteiger partial charge in [0.05, 0.1) is 21.2 Å². The molecule has 0 aromatic heterocycles. The summed E-state index contributed by atoms with van der Waals surface area (Å²) in [5, 5.41) is 0.822. The standard InChI is InChI=1S/C14H5Cl3O2/c15-6-1-2-7-8(5-6)14(19)12-10(17)4-3-9(16)11(12)13(7)18/h1-5H. The monoisotopic (exact) mass is 310 g/mol. The van der Waals surface area contributed by atoms with Gasteiger partial charge in [-0.05, 0) is 30.3 Å². The average Bonchev–Trinajstić information content (AvgIpc) is 2.38. The zero-order valence-electron chi connectivity index (χ0n) is 9.34. The lowest BCUT2D eigenvalue weighted by Gasteiger charge is -2.19. The van der Waals surface area contributed by atoms with Crippen molar-refractivity contribution in [3.63, 3.8) is 0 Å². The highest BCUT2D eigenvalue weighted by Crippen LogP contribution is 2.36. The molecule has 3 rings (SSSR count). The average molecular weight is 312 g/mol. The van der Waals surface area contributed by atoms with Gasteiger partial charge in [0.15, 0.2) is 11.6 Å². The highest BCUT2D eigenvalue weighted by atomic mass is 35.5. The molecule has 2 nitrogen and oxygen atoms in total. The molecule has 0 fully saturated rings. The Labute approximate surface area is 123 Å². The molecule has 0 heterocycles. The fourth-order valence-corrected chi connectivity index (χ4v) is 2.83. The quantitative estimate of drug-likeness (QED) is 0.616. The maximum atomic E-state index is 12.4. The Balaban J connectivity index is 2.39. The first-order valence-corrected chi connectivity index (χ1v) is 6.51. The summed E-state index contributed by atoms with van der Waals surface area (Å²) in [6, 6.07) is 7.57. The minimum Gasteiger partial charge on any atom is -0.289 e. The summed E-state index contributed by atoms with van der Waals surface area (Å²) < 4.78 is 0. The van der Waals surface area contributed by atoms with Crippen molar-refractivity contribution in [1.82, 2.24) is 0 Å². The Morgan fingerprint density at radius 3 is 1.79 bits per heavy atom. The minimum atomic E-state index is -0.334. The molecule has 94 valence electrons. The van der Waals surface area contributed by atoms with E-state index in [1.807, 2.05) is 0 Å². The lowest BCUT2D eigenvalue weighted by molar-refractivity contribution is 0.0979. The Hall–Kier alpha value is -1.35. The summed E-state index contributed by atoms with van der Waals surface area (Å²) in [4.78, 5) is 24.8. The molecular formula is C14H5Cl3O2. The van der Waals surface area contributed by atoms with Crippen LogP contribution >= 0.6 is 34.8 Å². The molecule has 0 spiro atoms. The highest BCUT2D eigenvalue weighted by Gasteiger charge is 2.33. The third-order valence-corrected chi connectivity index (χ3v) is 3.89. The van der Waals surface area contributed by atoms with Crippen LogP contribution < -0.4 is 0 Å². The van der Waals surface area contributed by atoms with E-state index in [0.29, 0.717) is 10.6 Å². The number of hydrogen-bond acceptors (Lipinski definition) is 2. The van der Waals surface area contributed by atoms with E-state index in [9.17, 15) is 9.59 Å². The summed E-state index contributed by atoms with van der Waals surface area (Å²) in [5.41, 5.74) is 0.864. The van der Waals surface area contributed by atoms with Crippen molar-refractivity contribution in [1.29, 1.82) is 0 Å². The van der Waals surface area contributed by atoms with Crippen LogP contribution in [0.2, 0.25) is 15.1 Å². The molecule has 0 saturated carbocycles. The highest BCUT2D eigenvalue weighted by molar-refractivity contribution is 6.43. The van der Waals surface area contributed by atoms with E-state index in [2.05, 4.69) is 0 Å². The maximum absolute atomic E-state index is 12.4. The van der Waals surface area contributed by atoms with Gasteiger partial charge >= 0.3 is 0 Å². The Kier molecular flexibility index (Phi) is 2.90. The number of carbonyl (C=O) groups excluding carboxylic acids is 2. The number of rotatable bonds is 0. The lowest BCUT2D eigenvalue weighted by Crippen LogP contribution is -2.21. The lowest BCUT2D eigenvalue weighted by atomic mass is 9.84. The zero-order valence-corrected chi connectivity index (χ0v) is 11.6. The number of ketones is 2. The third kappa shape index (κ3) is 1.79. The number of hydrogen-bond donors (Lipinski definition) is 0. The predicted molar refractivity (Wildman–Crippen MR) is 74.8 cm³/mol. The van der Waals surface area contributed by atoms with Crippen molar-refractivity contribution >= 4 is 46.4 Å². The number of fused-ring (bicyclic) bond motifs is 2. The van der Waals surface area contributed by atoms with E-state index in [4.69, 9.17) is 34.8 Å². The SMILES string of the molecule is O=C1c2ccc(Cl)cc2C(=O)c2c(Cl)ccc(Cl)c21. The van der Waals surface area contributed by atoms with Crippen LogP contribution in [-0.4, -0.2) is 11.6 Å². The number of halogens is 3. The van der Waals surface area contributed by atoms with Crippen LogP contribution in [0.25, 0.3) is 0 Å². The van der Waals surface area contributed by atoms with Crippen molar-refractivity contribution in [2.75, 3.05) is 0 Å². The van der Waals surface area contributed by atoms with Crippen LogP contribution in [0.4, 0.5) is 0 Å². The molecule has 1 aliphatic carbocycles. The van der Waals surface area contributed by atoms with Crippen LogP contribution in [0.5, 0.6) is 0 Å². The fraction of sp³-hybridized carbons (Fsp3) is 0. The predicted octanol–water partition coefficient (Wildman–Crippen LogP) is 4.42. The molecule has 0 saturated heterocycles. The third-order valence-electron chi connectivity index (χ3n) is 3.03. The van der Waals surface area contributed by atoms with Crippen LogP contribution in [0.15, 0.2) is 30.3 Å². The maximum Gasteiger partial charge on any atom is 0.196 e. The van der Waals surface area contributed by atoms with E-state index in [0.717, 1.165) is 0 Å². The van der Waals surface area contributed by atoms with E-state index < -0.39 is 0 Å². The second-order valence-corrected chi connectivity index (χ2v) is 5.38. The molecule has 0 aliphatic heterocycles. The first kappa shape index (κ1) is 12.7. The Morgan fingerprint density at radius 2 is 1.21 bits per heavy atom. The van der Waals surface area contributed by atoms with Gasteiger partial charge in [0.2, 0.25) is 0 Å². The second-order valence-electron chi connectivity index (χ2n) is 4.13. The van der Waals surface area contributed by atoms with E-state index in [1.165, 1.54) is 24.3 Å². The molecule has 0 radical (unpaired) electrons. The van der Waals surface area contributed by atoms with E-state index >= 15 is 0 Å². The van der Waals surface area contributed by atoms with Crippen molar-refractivity contribution in [2.24, 2.45) is 0 Å². The summed E-state index contributed by atoms with van der Waals surface area (Å²) >= 11 is 17.9. The molecule has 0 bridgehead atoms. The molecule has 1 aliphatic rings. The van der Waals surface area contributed by atoms with Gasteiger partial charge in [0.25, 0.3) is 0 Å². The van der Waals surface area contributed by atoms with Crippen LogP contribution in [0.3, 0.4) is 0 Å². The normalized spacial score (nSPS) is 13.2. The summed E-state index contributed by atoms with van der Waals surface area (Å²) in [7, 11) is 0. The summed E-state index contributed by atoms with van der Waals surface area (Å²) in [6.07, 6.45) is 0. The first-order chi connectivity index (χ1) is 9.00. The number of benzene rings is 2. The molecule has 2 aromatic carbocycles.